The molecule has 0 atom stereocenters. The van der Waals surface area contributed by atoms with E-state index in [0.717, 1.165) is 12.8 Å². The lowest BCUT2D eigenvalue weighted by atomic mass is 10.0. The minimum Gasteiger partial charge on any atom is -0.346 e. The van der Waals surface area contributed by atoms with Crippen LogP contribution < -0.4 is 0 Å². The second-order valence-corrected chi connectivity index (χ2v) is 5.40. The minimum atomic E-state index is -0.623. The van der Waals surface area contributed by atoms with Gasteiger partial charge in [0, 0.05) is 18.5 Å². The van der Waals surface area contributed by atoms with Crippen LogP contribution in [0.25, 0.3) is 0 Å². The summed E-state index contributed by atoms with van der Waals surface area (Å²) in [5, 5.41) is 0. The summed E-state index contributed by atoms with van der Waals surface area (Å²) in [6, 6.07) is 4.25. The Balaban J connectivity index is 1.79. The number of aryl methyl sites for hydroxylation is 1. The summed E-state index contributed by atoms with van der Waals surface area (Å²) in [5.74, 6) is -1.03. The van der Waals surface area contributed by atoms with Crippen molar-refractivity contribution in [3.8, 4) is 0 Å². The number of ether oxygens (including phenoxy) is 2. The van der Waals surface area contributed by atoms with Crippen LogP contribution in [0.4, 0.5) is 4.39 Å². The van der Waals surface area contributed by atoms with Gasteiger partial charge in [-0.1, -0.05) is 0 Å². The predicted octanol–water partition coefficient (Wildman–Crippen LogP) is 2.11. The van der Waals surface area contributed by atoms with Crippen LogP contribution in [0.3, 0.4) is 0 Å². The molecule has 0 radical (unpaired) electrons. The first-order valence-corrected chi connectivity index (χ1v) is 6.93. The van der Waals surface area contributed by atoms with Gasteiger partial charge in [0.25, 0.3) is 5.91 Å². The molecule has 1 spiro atoms. The van der Waals surface area contributed by atoms with Crippen molar-refractivity contribution in [3.63, 3.8) is 0 Å². The first-order valence-electron chi connectivity index (χ1n) is 6.93. The zero-order valence-electron chi connectivity index (χ0n) is 11.5. The molecule has 2 aliphatic rings. The van der Waals surface area contributed by atoms with Crippen molar-refractivity contribution >= 4 is 5.91 Å². The molecule has 20 heavy (non-hydrogen) atoms. The number of likely N-dealkylation sites (tertiary alicyclic amines) is 1. The lowest BCUT2D eigenvalue weighted by Gasteiger charge is -2.38. The Hall–Kier alpha value is -1.46. The first-order chi connectivity index (χ1) is 9.60. The molecule has 0 saturated carbocycles. The zero-order chi connectivity index (χ0) is 14.2. The van der Waals surface area contributed by atoms with Gasteiger partial charge < -0.3 is 14.4 Å². The van der Waals surface area contributed by atoms with Gasteiger partial charge in [-0.2, -0.15) is 0 Å². The van der Waals surface area contributed by atoms with Crippen LogP contribution in [0.1, 0.15) is 28.8 Å². The van der Waals surface area contributed by atoms with Crippen molar-refractivity contribution in [2.75, 3.05) is 26.3 Å². The van der Waals surface area contributed by atoms with Crippen LogP contribution in [0.2, 0.25) is 0 Å². The molecule has 0 bridgehead atoms. The van der Waals surface area contributed by atoms with Crippen LogP contribution in [0, 0.1) is 12.7 Å². The normalized spacial score (nSPS) is 21.4. The van der Waals surface area contributed by atoms with E-state index in [-0.39, 0.29) is 11.7 Å². The predicted molar refractivity (Wildman–Crippen MR) is 70.9 cm³/mol. The lowest BCUT2D eigenvalue weighted by molar-refractivity contribution is -0.183. The quantitative estimate of drug-likeness (QED) is 0.790. The molecular formula is C15H18FNO3. The smallest absolute Gasteiger partial charge is 0.254 e. The molecule has 1 amide bonds. The van der Waals surface area contributed by atoms with E-state index in [4.69, 9.17) is 9.47 Å². The third kappa shape index (κ3) is 2.43. The second-order valence-electron chi connectivity index (χ2n) is 5.40. The maximum Gasteiger partial charge on any atom is 0.254 e. The minimum absolute atomic E-state index is 0.0827. The fraction of sp³-hybridized carbons (Fsp3) is 0.533. The van der Waals surface area contributed by atoms with Crippen molar-refractivity contribution in [3.05, 3.63) is 35.1 Å². The number of nitrogens with zero attached hydrogens (tertiary/aromatic N) is 1. The Labute approximate surface area is 117 Å². The van der Waals surface area contributed by atoms with Gasteiger partial charge in [-0.05, 0) is 37.1 Å². The van der Waals surface area contributed by atoms with E-state index in [1.165, 1.54) is 12.1 Å². The summed E-state index contributed by atoms with van der Waals surface area (Å²) in [6.07, 6.45) is 1.67. The molecule has 0 unspecified atom stereocenters. The van der Waals surface area contributed by atoms with Gasteiger partial charge >= 0.3 is 0 Å². The molecule has 1 aromatic rings. The number of piperidine rings is 1. The molecular weight excluding hydrogens is 261 g/mol. The summed E-state index contributed by atoms with van der Waals surface area (Å²) < 4.78 is 24.5. The van der Waals surface area contributed by atoms with E-state index in [2.05, 4.69) is 0 Å². The molecule has 3 rings (SSSR count). The van der Waals surface area contributed by atoms with E-state index < -0.39 is 5.79 Å². The SMILES string of the molecule is Cc1cc(F)ccc1C(=O)N1CCCC2(C1)OCCO2. The summed E-state index contributed by atoms with van der Waals surface area (Å²) in [7, 11) is 0. The van der Waals surface area contributed by atoms with Crippen molar-refractivity contribution in [2.24, 2.45) is 0 Å². The van der Waals surface area contributed by atoms with Gasteiger partial charge in [-0.3, -0.25) is 4.79 Å². The van der Waals surface area contributed by atoms with Crippen LogP contribution in [-0.4, -0.2) is 42.9 Å². The van der Waals surface area contributed by atoms with Crippen molar-refractivity contribution in [1.82, 2.24) is 4.90 Å². The van der Waals surface area contributed by atoms with Crippen LogP contribution >= 0.6 is 0 Å². The highest BCUT2D eigenvalue weighted by atomic mass is 19.1. The molecule has 2 fully saturated rings. The Morgan fingerprint density at radius 3 is 2.80 bits per heavy atom. The van der Waals surface area contributed by atoms with Gasteiger partial charge in [0.05, 0.1) is 19.8 Å². The Bertz CT molecular complexity index is 526. The van der Waals surface area contributed by atoms with E-state index in [0.29, 0.717) is 37.4 Å². The molecule has 2 heterocycles. The lowest BCUT2D eigenvalue weighted by Crippen LogP contribution is -2.51. The molecule has 4 nitrogen and oxygen atoms in total. The maximum atomic E-state index is 13.1. The third-order valence-corrected chi connectivity index (χ3v) is 3.94. The monoisotopic (exact) mass is 279 g/mol. The number of carbonyl (C=O) groups is 1. The molecule has 2 saturated heterocycles. The third-order valence-electron chi connectivity index (χ3n) is 3.94. The van der Waals surface area contributed by atoms with E-state index in [9.17, 15) is 9.18 Å². The number of rotatable bonds is 1. The first kappa shape index (κ1) is 13.5. The highest BCUT2D eigenvalue weighted by Gasteiger charge is 2.42. The molecule has 0 aromatic heterocycles. The average molecular weight is 279 g/mol. The Kier molecular flexibility index (Phi) is 3.48. The van der Waals surface area contributed by atoms with Crippen LogP contribution in [-0.2, 0) is 9.47 Å². The summed E-state index contributed by atoms with van der Waals surface area (Å²) in [5.41, 5.74) is 1.20. The largest absolute Gasteiger partial charge is 0.346 e. The number of hydrogen-bond donors (Lipinski definition) is 0. The maximum absolute atomic E-state index is 13.1. The van der Waals surface area contributed by atoms with Crippen molar-refractivity contribution in [1.29, 1.82) is 0 Å². The van der Waals surface area contributed by atoms with Gasteiger partial charge in [0.15, 0.2) is 5.79 Å². The van der Waals surface area contributed by atoms with Crippen molar-refractivity contribution in [2.45, 2.75) is 25.6 Å². The Morgan fingerprint density at radius 2 is 2.10 bits per heavy atom. The fourth-order valence-corrected chi connectivity index (χ4v) is 2.93. The van der Waals surface area contributed by atoms with Crippen LogP contribution in [0.5, 0.6) is 0 Å². The molecule has 2 aliphatic heterocycles. The van der Waals surface area contributed by atoms with Gasteiger partial charge in [-0.25, -0.2) is 4.39 Å². The van der Waals surface area contributed by atoms with Gasteiger partial charge in [0.2, 0.25) is 0 Å². The highest BCUT2D eigenvalue weighted by Crippen LogP contribution is 2.31. The van der Waals surface area contributed by atoms with Gasteiger partial charge in [0.1, 0.15) is 5.82 Å². The molecule has 5 heteroatoms. The second kappa shape index (κ2) is 5.14. The number of hydrogen-bond acceptors (Lipinski definition) is 3. The van der Waals surface area contributed by atoms with E-state index >= 15 is 0 Å². The van der Waals surface area contributed by atoms with Crippen molar-refractivity contribution < 1.29 is 18.7 Å². The van der Waals surface area contributed by atoms with Crippen LogP contribution in [0.15, 0.2) is 18.2 Å². The summed E-state index contributed by atoms with van der Waals surface area (Å²) in [6.45, 7) is 4.04. The molecule has 0 N–H and O–H groups in total. The number of benzene rings is 1. The molecule has 108 valence electrons. The van der Waals surface area contributed by atoms with E-state index in [1.807, 2.05) is 0 Å². The summed E-state index contributed by atoms with van der Waals surface area (Å²) in [4.78, 5) is 14.3. The molecule has 1 aromatic carbocycles. The van der Waals surface area contributed by atoms with Gasteiger partial charge in [-0.15, -0.1) is 0 Å². The molecule has 0 aliphatic carbocycles. The average Bonchev–Trinajstić information content (AvgIpc) is 2.86. The zero-order valence-corrected chi connectivity index (χ0v) is 11.5. The highest BCUT2D eigenvalue weighted by molar-refractivity contribution is 5.95. The fourth-order valence-electron chi connectivity index (χ4n) is 2.93. The summed E-state index contributed by atoms with van der Waals surface area (Å²) >= 11 is 0. The number of amides is 1. The van der Waals surface area contributed by atoms with E-state index in [1.54, 1.807) is 17.9 Å². The topological polar surface area (TPSA) is 38.8 Å². The standard InChI is InChI=1S/C15H18FNO3/c1-11-9-12(16)3-4-13(11)14(18)17-6-2-5-15(10-17)19-7-8-20-15/h3-4,9H,2,5-8,10H2,1H3. The Morgan fingerprint density at radius 1 is 1.35 bits per heavy atom. The number of carbonyl (C=O) groups excluding carboxylic acids is 1. The number of halogens is 1.